The molecule has 1 saturated heterocycles. The molecule has 1 aliphatic heterocycles. The summed E-state index contributed by atoms with van der Waals surface area (Å²) < 4.78 is 16.2. The number of thiocarbonyl (C=S) groups is 1. The second-order valence-electron chi connectivity index (χ2n) is 5.98. The molecule has 0 aromatic heterocycles. The number of phenols is 1. The van der Waals surface area contributed by atoms with E-state index in [1.54, 1.807) is 18.2 Å². The lowest BCUT2D eigenvalue weighted by Gasteiger charge is -2.15. The number of aromatic hydroxyl groups is 1. The molecule has 1 amide bonds. The van der Waals surface area contributed by atoms with Crippen molar-refractivity contribution < 1.29 is 34.0 Å². The van der Waals surface area contributed by atoms with Crippen LogP contribution in [-0.2, 0) is 4.79 Å². The van der Waals surface area contributed by atoms with Crippen LogP contribution in [0, 0.1) is 0 Å². The maximum absolute atomic E-state index is 12.9. The fraction of sp³-hybridized carbons (Fsp3) is 0.150. The molecule has 0 saturated carbocycles. The molecule has 2 aromatic carbocycles. The first-order valence-electron chi connectivity index (χ1n) is 8.45. The number of hydrogen-bond acceptors (Lipinski definition) is 8. The van der Waals surface area contributed by atoms with Gasteiger partial charge in [-0.3, -0.25) is 9.69 Å². The zero-order chi connectivity index (χ0) is 22.0. The Hall–Kier alpha value is -3.24. The summed E-state index contributed by atoms with van der Waals surface area (Å²) in [4.78, 5) is 25.6. The monoisotopic (exact) mass is 447 g/mol. The highest BCUT2D eigenvalue weighted by Gasteiger charge is 2.34. The van der Waals surface area contributed by atoms with Gasteiger partial charge in [0.05, 0.1) is 31.9 Å². The summed E-state index contributed by atoms with van der Waals surface area (Å²) >= 11 is 6.40. The average molecular weight is 447 g/mol. The minimum absolute atomic E-state index is 0.251. The normalized spacial score (nSPS) is 14.9. The van der Waals surface area contributed by atoms with Crippen LogP contribution in [0.3, 0.4) is 0 Å². The molecule has 1 aliphatic rings. The predicted octanol–water partition coefficient (Wildman–Crippen LogP) is 3.52. The largest absolute Gasteiger partial charge is 0.507 e. The van der Waals surface area contributed by atoms with Gasteiger partial charge in [-0.25, -0.2) is 4.79 Å². The zero-order valence-electron chi connectivity index (χ0n) is 16.2. The van der Waals surface area contributed by atoms with Gasteiger partial charge >= 0.3 is 5.97 Å². The number of nitrogens with zero attached hydrogens (tertiary/aromatic N) is 1. The SMILES string of the molecule is COc1cc(C=C2SC(=S)N(c3ccc(C(=O)O)c(O)c3)C2=O)cc(OC)c1OC. The Morgan fingerprint density at radius 3 is 2.23 bits per heavy atom. The minimum atomic E-state index is -1.27. The van der Waals surface area contributed by atoms with Gasteiger partial charge in [-0.1, -0.05) is 24.0 Å². The number of carbonyl (C=O) groups excluding carboxylic acids is 1. The quantitative estimate of drug-likeness (QED) is 0.508. The third-order valence-electron chi connectivity index (χ3n) is 4.25. The summed E-state index contributed by atoms with van der Waals surface area (Å²) in [6.45, 7) is 0. The number of amides is 1. The summed E-state index contributed by atoms with van der Waals surface area (Å²) in [6, 6.07) is 7.21. The van der Waals surface area contributed by atoms with E-state index in [1.165, 1.54) is 44.4 Å². The standard InChI is InChI=1S/C20H17NO7S2/c1-26-14-6-10(7-15(27-2)17(14)28-3)8-16-18(23)21(20(29)30-16)11-4-5-12(19(24)25)13(22)9-11/h4-9,22H,1-3H3,(H,24,25). The molecule has 0 aliphatic carbocycles. The Morgan fingerprint density at radius 1 is 1.10 bits per heavy atom. The van der Waals surface area contributed by atoms with Crippen LogP contribution in [0.5, 0.6) is 23.0 Å². The number of rotatable bonds is 6. The van der Waals surface area contributed by atoms with Crippen molar-refractivity contribution in [1.29, 1.82) is 0 Å². The Morgan fingerprint density at radius 2 is 1.73 bits per heavy atom. The van der Waals surface area contributed by atoms with Crippen LogP contribution in [-0.4, -0.2) is 47.7 Å². The second-order valence-corrected chi connectivity index (χ2v) is 7.66. The van der Waals surface area contributed by atoms with E-state index in [-0.39, 0.29) is 15.6 Å². The van der Waals surface area contributed by atoms with Crippen molar-refractivity contribution in [2.45, 2.75) is 0 Å². The van der Waals surface area contributed by atoms with Gasteiger partial charge < -0.3 is 24.4 Å². The van der Waals surface area contributed by atoms with E-state index in [0.29, 0.717) is 27.7 Å². The highest BCUT2D eigenvalue weighted by Crippen LogP contribution is 2.41. The van der Waals surface area contributed by atoms with Crippen LogP contribution < -0.4 is 19.1 Å². The molecule has 8 nitrogen and oxygen atoms in total. The molecule has 2 aromatic rings. The first kappa shape index (κ1) is 21.5. The van der Waals surface area contributed by atoms with Crippen LogP contribution in [0.15, 0.2) is 35.2 Å². The van der Waals surface area contributed by atoms with Crippen LogP contribution in [0.2, 0.25) is 0 Å². The first-order chi connectivity index (χ1) is 14.3. The third kappa shape index (κ3) is 3.91. The van der Waals surface area contributed by atoms with Crippen LogP contribution >= 0.6 is 24.0 Å². The van der Waals surface area contributed by atoms with Crippen molar-refractivity contribution in [3.05, 3.63) is 46.4 Å². The van der Waals surface area contributed by atoms with Crippen molar-refractivity contribution in [3.8, 4) is 23.0 Å². The molecule has 156 valence electrons. The fourth-order valence-corrected chi connectivity index (χ4v) is 4.17. The van der Waals surface area contributed by atoms with E-state index in [4.69, 9.17) is 31.5 Å². The molecule has 0 unspecified atom stereocenters. The molecule has 2 N–H and O–H groups in total. The maximum atomic E-state index is 12.9. The Labute approximate surface area is 181 Å². The van der Waals surface area contributed by atoms with Crippen LogP contribution in [0.4, 0.5) is 5.69 Å². The van der Waals surface area contributed by atoms with Crippen LogP contribution in [0.1, 0.15) is 15.9 Å². The molecule has 30 heavy (non-hydrogen) atoms. The van der Waals surface area contributed by atoms with Gasteiger partial charge in [0, 0.05) is 6.07 Å². The second kappa shape index (κ2) is 8.64. The summed E-state index contributed by atoms with van der Waals surface area (Å²) in [7, 11) is 4.48. The molecule has 0 bridgehead atoms. The van der Waals surface area contributed by atoms with Crippen molar-refractivity contribution in [2.75, 3.05) is 26.2 Å². The number of carboxylic acid groups (broad SMARTS) is 1. The van der Waals surface area contributed by atoms with E-state index in [2.05, 4.69) is 0 Å². The first-order valence-corrected chi connectivity index (χ1v) is 9.67. The number of thioether (sulfide) groups is 1. The van der Waals surface area contributed by atoms with Crippen molar-refractivity contribution in [1.82, 2.24) is 0 Å². The van der Waals surface area contributed by atoms with Gasteiger partial charge in [-0.15, -0.1) is 0 Å². The van der Waals surface area contributed by atoms with Gasteiger partial charge in [-0.05, 0) is 35.9 Å². The Kier molecular flexibility index (Phi) is 6.18. The Bertz CT molecular complexity index is 1060. The smallest absolute Gasteiger partial charge is 0.339 e. The van der Waals surface area contributed by atoms with Crippen molar-refractivity contribution in [3.63, 3.8) is 0 Å². The summed E-state index contributed by atoms with van der Waals surface area (Å²) in [6.07, 6.45) is 1.63. The number of anilines is 1. The molecule has 0 radical (unpaired) electrons. The zero-order valence-corrected chi connectivity index (χ0v) is 17.8. The molecule has 10 heteroatoms. The number of ether oxygens (including phenoxy) is 3. The molecular formula is C20H17NO7S2. The molecule has 1 fully saturated rings. The van der Waals surface area contributed by atoms with Gasteiger partial charge in [0.1, 0.15) is 11.3 Å². The lowest BCUT2D eigenvalue weighted by atomic mass is 10.1. The predicted molar refractivity (Wildman–Crippen MR) is 117 cm³/mol. The number of carboxylic acids is 1. The van der Waals surface area contributed by atoms with E-state index in [0.717, 1.165) is 11.8 Å². The van der Waals surface area contributed by atoms with E-state index < -0.39 is 17.6 Å². The highest BCUT2D eigenvalue weighted by atomic mass is 32.2. The average Bonchev–Trinajstić information content (AvgIpc) is 2.99. The molecule has 0 atom stereocenters. The van der Waals surface area contributed by atoms with E-state index >= 15 is 0 Å². The van der Waals surface area contributed by atoms with E-state index in [9.17, 15) is 14.7 Å². The minimum Gasteiger partial charge on any atom is -0.507 e. The third-order valence-corrected chi connectivity index (χ3v) is 5.55. The highest BCUT2D eigenvalue weighted by molar-refractivity contribution is 8.27. The van der Waals surface area contributed by atoms with Gasteiger partial charge in [0.15, 0.2) is 15.8 Å². The van der Waals surface area contributed by atoms with Gasteiger partial charge in [0.25, 0.3) is 5.91 Å². The van der Waals surface area contributed by atoms with Crippen LogP contribution in [0.25, 0.3) is 6.08 Å². The fourth-order valence-electron chi connectivity index (χ4n) is 2.87. The number of carbonyl (C=O) groups is 2. The molecule has 1 heterocycles. The van der Waals surface area contributed by atoms with E-state index in [1.807, 2.05) is 0 Å². The lowest BCUT2D eigenvalue weighted by molar-refractivity contribution is -0.113. The molecule has 0 spiro atoms. The van der Waals surface area contributed by atoms with Gasteiger partial charge in [-0.2, -0.15) is 0 Å². The Balaban J connectivity index is 1.98. The maximum Gasteiger partial charge on any atom is 0.339 e. The summed E-state index contributed by atoms with van der Waals surface area (Å²) in [5, 5.41) is 19.0. The topological polar surface area (TPSA) is 106 Å². The molecular weight excluding hydrogens is 430 g/mol. The number of hydrogen-bond donors (Lipinski definition) is 2. The number of methoxy groups -OCH3 is 3. The lowest BCUT2D eigenvalue weighted by Crippen LogP contribution is -2.27. The number of benzene rings is 2. The number of aromatic carboxylic acids is 1. The van der Waals surface area contributed by atoms with Crippen molar-refractivity contribution in [2.24, 2.45) is 0 Å². The van der Waals surface area contributed by atoms with Gasteiger partial charge in [0.2, 0.25) is 5.75 Å². The van der Waals surface area contributed by atoms with Crippen molar-refractivity contribution >= 4 is 51.9 Å². The molecule has 3 rings (SSSR count). The summed E-state index contributed by atoms with van der Waals surface area (Å²) in [5.41, 5.74) is 0.638. The summed E-state index contributed by atoms with van der Waals surface area (Å²) in [5.74, 6) is -0.824.